The number of likely N-dealkylation sites (N-methyl/N-ethyl adjacent to an activating group) is 1. The van der Waals surface area contributed by atoms with E-state index >= 15 is 0 Å². The van der Waals surface area contributed by atoms with Crippen molar-refractivity contribution in [2.24, 2.45) is 0 Å². The van der Waals surface area contributed by atoms with Crippen LogP contribution < -0.4 is 4.90 Å². The molecule has 4 rings (SSSR count). The van der Waals surface area contributed by atoms with Gasteiger partial charge in [-0.15, -0.1) is 0 Å². The highest BCUT2D eigenvalue weighted by atomic mass is 16.5. The third-order valence-corrected chi connectivity index (χ3v) is 5.24. The second-order valence-corrected chi connectivity index (χ2v) is 7.26. The first-order valence-electron chi connectivity index (χ1n) is 9.02. The van der Waals surface area contributed by atoms with Gasteiger partial charge in [-0.25, -0.2) is 4.98 Å². The van der Waals surface area contributed by atoms with Crippen molar-refractivity contribution in [1.82, 2.24) is 20.0 Å². The standard InChI is InChI=1S/C18H23N5O3/c1-22(17(24)16-13-4-2-3-5-14(13)26-21-16)11-18(25)6-9-23(12-18)15-10-19-7-8-20-15/h7-8,10,25H,2-6,9,11-12H2,1H3/t18-/m0/s1. The number of aryl methyl sites for hydroxylation is 1. The molecule has 1 amide bonds. The molecule has 8 heteroatoms. The van der Waals surface area contributed by atoms with Crippen LogP contribution in [0.2, 0.25) is 0 Å². The van der Waals surface area contributed by atoms with Crippen LogP contribution in [-0.2, 0) is 12.8 Å². The Labute approximate surface area is 151 Å². The minimum absolute atomic E-state index is 0.191. The van der Waals surface area contributed by atoms with E-state index in [2.05, 4.69) is 15.1 Å². The molecule has 8 nitrogen and oxygen atoms in total. The number of nitrogens with zero attached hydrogens (tertiary/aromatic N) is 5. The molecular formula is C18H23N5O3. The molecule has 0 bridgehead atoms. The molecule has 1 aliphatic carbocycles. The highest BCUT2D eigenvalue weighted by Gasteiger charge is 2.39. The number of hydrogen-bond acceptors (Lipinski definition) is 7. The zero-order valence-corrected chi connectivity index (χ0v) is 14.9. The molecule has 0 unspecified atom stereocenters. The SMILES string of the molecule is CN(C[C@@]1(O)CCN(c2cnccn2)C1)C(=O)c1noc2c1CCCC2. The minimum Gasteiger partial charge on any atom is -0.386 e. The third-order valence-electron chi connectivity index (χ3n) is 5.24. The highest BCUT2D eigenvalue weighted by Crippen LogP contribution is 2.28. The van der Waals surface area contributed by atoms with Gasteiger partial charge in [0.2, 0.25) is 0 Å². The molecule has 1 atom stereocenters. The molecule has 0 aromatic carbocycles. The molecule has 1 aliphatic heterocycles. The number of anilines is 1. The number of rotatable bonds is 4. The van der Waals surface area contributed by atoms with Crippen LogP contribution in [0.1, 0.15) is 41.1 Å². The summed E-state index contributed by atoms with van der Waals surface area (Å²) in [6.45, 7) is 1.33. The van der Waals surface area contributed by atoms with Gasteiger partial charge in [-0.1, -0.05) is 5.16 Å². The quantitative estimate of drug-likeness (QED) is 0.874. The molecule has 26 heavy (non-hydrogen) atoms. The maximum Gasteiger partial charge on any atom is 0.276 e. The average Bonchev–Trinajstić information content (AvgIpc) is 3.26. The first-order valence-corrected chi connectivity index (χ1v) is 9.02. The van der Waals surface area contributed by atoms with E-state index in [0.717, 1.165) is 42.8 Å². The molecule has 2 aliphatic rings. The molecule has 1 N–H and O–H groups in total. The minimum atomic E-state index is -0.980. The molecule has 0 saturated carbocycles. The van der Waals surface area contributed by atoms with Crippen LogP contribution in [0.3, 0.4) is 0 Å². The molecule has 3 heterocycles. The largest absolute Gasteiger partial charge is 0.386 e. The van der Waals surface area contributed by atoms with E-state index < -0.39 is 5.60 Å². The maximum atomic E-state index is 12.8. The van der Waals surface area contributed by atoms with Gasteiger partial charge in [-0.2, -0.15) is 0 Å². The lowest BCUT2D eigenvalue weighted by Gasteiger charge is -2.29. The van der Waals surface area contributed by atoms with Crippen molar-refractivity contribution in [3.8, 4) is 0 Å². The number of fused-ring (bicyclic) bond motifs is 1. The Hall–Kier alpha value is -2.48. The van der Waals surface area contributed by atoms with Gasteiger partial charge in [0, 0.05) is 44.5 Å². The number of aromatic nitrogens is 3. The number of aliphatic hydroxyl groups is 1. The lowest BCUT2D eigenvalue weighted by atomic mass is 9.96. The van der Waals surface area contributed by atoms with Gasteiger partial charge in [0.25, 0.3) is 5.91 Å². The molecule has 1 saturated heterocycles. The van der Waals surface area contributed by atoms with Crippen molar-refractivity contribution in [2.45, 2.75) is 37.7 Å². The van der Waals surface area contributed by atoms with Crippen LogP contribution in [0.4, 0.5) is 5.82 Å². The smallest absolute Gasteiger partial charge is 0.276 e. The summed E-state index contributed by atoms with van der Waals surface area (Å²) in [4.78, 5) is 24.7. The van der Waals surface area contributed by atoms with E-state index in [-0.39, 0.29) is 12.5 Å². The normalized spacial score (nSPS) is 22.3. The van der Waals surface area contributed by atoms with E-state index in [1.54, 1.807) is 30.5 Å². The van der Waals surface area contributed by atoms with E-state index in [0.29, 0.717) is 25.2 Å². The van der Waals surface area contributed by atoms with Gasteiger partial charge < -0.3 is 19.4 Å². The average molecular weight is 357 g/mol. The summed E-state index contributed by atoms with van der Waals surface area (Å²) in [5.41, 5.74) is 0.355. The highest BCUT2D eigenvalue weighted by molar-refractivity contribution is 5.93. The summed E-state index contributed by atoms with van der Waals surface area (Å²) in [7, 11) is 1.70. The van der Waals surface area contributed by atoms with Crippen LogP contribution in [0.15, 0.2) is 23.1 Å². The predicted molar refractivity (Wildman–Crippen MR) is 93.9 cm³/mol. The fourth-order valence-electron chi connectivity index (χ4n) is 3.88. The fourth-order valence-corrected chi connectivity index (χ4v) is 3.88. The summed E-state index contributed by atoms with van der Waals surface area (Å²) in [5, 5.41) is 15.0. The van der Waals surface area contributed by atoms with Crippen LogP contribution in [0.25, 0.3) is 0 Å². The van der Waals surface area contributed by atoms with Crippen molar-refractivity contribution in [3.05, 3.63) is 35.6 Å². The van der Waals surface area contributed by atoms with Crippen LogP contribution in [-0.4, -0.2) is 63.3 Å². The number of hydrogen-bond donors (Lipinski definition) is 1. The van der Waals surface area contributed by atoms with E-state index in [1.807, 2.05) is 4.90 Å². The molecule has 2 aromatic heterocycles. The Bertz CT molecular complexity index is 793. The van der Waals surface area contributed by atoms with E-state index in [4.69, 9.17) is 4.52 Å². The lowest BCUT2D eigenvalue weighted by Crippen LogP contribution is -2.46. The fraction of sp³-hybridized carbons (Fsp3) is 0.556. The van der Waals surface area contributed by atoms with Crippen LogP contribution >= 0.6 is 0 Å². The first-order chi connectivity index (χ1) is 12.6. The Morgan fingerprint density at radius 3 is 3.04 bits per heavy atom. The molecule has 0 radical (unpaired) electrons. The predicted octanol–water partition coefficient (Wildman–Crippen LogP) is 1.06. The van der Waals surface area contributed by atoms with Crippen molar-refractivity contribution in [2.75, 3.05) is 31.6 Å². The molecule has 138 valence electrons. The third kappa shape index (κ3) is 3.16. The monoisotopic (exact) mass is 357 g/mol. The van der Waals surface area contributed by atoms with E-state index in [9.17, 15) is 9.90 Å². The molecule has 1 fully saturated rings. The second kappa shape index (κ2) is 6.68. The summed E-state index contributed by atoms with van der Waals surface area (Å²) in [6, 6.07) is 0. The van der Waals surface area contributed by atoms with Gasteiger partial charge in [-0.3, -0.25) is 9.78 Å². The number of carbonyl (C=O) groups excluding carboxylic acids is 1. The van der Waals surface area contributed by atoms with Crippen molar-refractivity contribution in [3.63, 3.8) is 0 Å². The van der Waals surface area contributed by atoms with Crippen molar-refractivity contribution >= 4 is 11.7 Å². The Balaban J connectivity index is 1.44. The first kappa shape index (κ1) is 17.0. The number of carbonyl (C=O) groups is 1. The van der Waals surface area contributed by atoms with Gasteiger partial charge in [0.15, 0.2) is 5.69 Å². The zero-order chi connectivity index (χ0) is 18.1. The van der Waals surface area contributed by atoms with Gasteiger partial charge in [0.1, 0.15) is 17.2 Å². The summed E-state index contributed by atoms with van der Waals surface area (Å²) >= 11 is 0. The summed E-state index contributed by atoms with van der Waals surface area (Å²) in [5.74, 6) is 1.38. The van der Waals surface area contributed by atoms with Crippen molar-refractivity contribution in [1.29, 1.82) is 0 Å². The topological polar surface area (TPSA) is 95.6 Å². The Morgan fingerprint density at radius 2 is 2.23 bits per heavy atom. The molecule has 2 aromatic rings. The number of amides is 1. The second-order valence-electron chi connectivity index (χ2n) is 7.26. The maximum absolute atomic E-state index is 12.8. The molecule has 0 spiro atoms. The Morgan fingerprint density at radius 1 is 1.38 bits per heavy atom. The summed E-state index contributed by atoms with van der Waals surface area (Å²) in [6.07, 6.45) is 9.31. The van der Waals surface area contributed by atoms with E-state index in [1.165, 1.54) is 0 Å². The van der Waals surface area contributed by atoms with Gasteiger partial charge >= 0.3 is 0 Å². The molecular weight excluding hydrogens is 334 g/mol. The zero-order valence-electron chi connectivity index (χ0n) is 14.9. The van der Waals surface area contributed by atoms with Gasteiger partial charge in [-0.05, 0) is 25.7 Å². The summed E-state index contributed by atoms with van der Waals surface area (Å²) < 4.78 is 5.34. The van der Waals surface area contributed by atoms with Crippen LogP contribution in [0.5, 0.6) is 0 Å². The Kier molecular flexibility index (Phi) is 4.36. The van der Waals surface area contributed by atoms with Crippen molar-refractivity contribution < 1.29 is 14.4 Å². The number of β-amino-alcohol motifs (C(OH)–C–C–N with tert-alkyl or cyclic N) is 1. The van der Waals surface area contributed by atoms with Gasteiger partial charge in [0.05, 0.1) is 12.7 Å². The lowest BCUT2D eigenvalue weighted by molar-refractivity contribution is 0.0259. The van der Waals surface area contributed by atoms with Crippen LogP contribution in [0, 0.1) is 0 Å².